The van der Waals surface area contributed by atoms with E-state index < -0.39 is 6.10 Å². The van der Waals surface area contributed by atoms with Crippen LogP contribution >= 0.6 is 0 Å². The molecule has 0 aromatic heterocycles. The highest BCUT2D eigenvalue weighted by molar-refractivity contribution is 5.99. The third-order valence-electron chi connectivity index (χ3n) is 3.95. The number of fused-ring (bicyclic) bond motifs is 2. The Labute approximate surface area is 119 Å². The summed E-state index contributed by atoms with van der Waals surface area (Å²) in [5, 5.41) is 17.1. The molecule has 1 radical (unpaired) electrons. The highest BCUT2D eigenvalue weighted by Gasteiger charge is 2.12. The van der Waals surface area contributed by atoms with Gasteiger partial charge in [-0.1, -0.05) is 62.2 Å². The second-order valence-electron chi connectivity index (χ2n) is 5.40. The summed E-state index contributed by atoms with van der Waals surface area (Å²) >= 11 is 0. The maximum Gasteiger partial charge on any atom is 0.119 e. The van der Waals surface area contributed by atoms with Crippen molar-refractivity contribution in [2.45, 2.75) is 32.3 Å². The number of benzene rings is 3. The van der Waals surface area contributed by atoms with Crippen LogP contribution in [0, 0.1) is 0 Å². The molecule has 3 rings (SSSR count). The standard InChI is InChI=1S/C19H19O/c1-2-3-11-19(20)17-10-6-9-16-12-14-7-4-5-8-15(14)13-18(16)17/h4-10,12-13,19H,2-3,11H2,1H3. The third-order valence-corrected chi connectivity index (χ3v) is 3.95. The lowest BCUT2D eigenvalue weighted by Crippen LogP contribution is -1.96. The second-order valence-corrected chi connectivity index (χ2v) is 5.40. The first kappa shape index (κ1) is 13.1. The Balaban J connectivity index is 2.15. The number of hydrogen-bond acceptors (Lipinski definition) is 0. The van der Waals surface area contributed by atoms with Gasteiger partial charge in [0.1, 0.15) is 6.10 Å². The molecule has 1 atom stereocenters. The van der Waals surface area contributed by atoms with Gasteiger partial charge in [-0.15, -0.1) is 0 Å². The molecule has 1 nitrogen and oxygen atoms in total. The topological polar surface area (TPSA) is 19.9 Å². The number of rotatable bonds is 4. The molecule has 3 aromatic rings. The maximum absolute atomic E-state index is 12.4. The van der Waals surface area contributed by atoms with E-state index in [4.69, 9.17) is 0 Å². The molecule has 0 spiro atoms. The van der Waals surface area contributed by atoms with E-state index in [0.717, 1.165) is 30.2 Å². The molecule has 0 saturated heterocycles. The van der Waals surface area contributed by atoms with Gasteiger partial charge in [0, 0.05) is 0 Å². The zero-order valence-electron chi connectivity index (χ0n) is 11.8. The highest BCUT2D eigenvalue weighted by atomic mass is 16.3. The molecular weight excluding hydrogens is 244 g/mol. The zero-order chi connectivity index (χ0) is 13.9. The summed E-state index contributed by atoms with van der Waals surface area (Å²) in [6.45, 7) is 2.13. The molecule has 0 fully saturated rings. The molecule has 0 aliphatic rings. The predicted molar refractivity (Wildman–Crippen MR) is 84.4 cm³/mol. The maximum atomic E-state index is 12.4. The van der Waals surface area contributed by atoms with E-state index in [1.165, 1.54) is 16.2 Å². The van der Waals surface area contributed by atoms with Crippen LogP contribution in [-0.2, 0) is 5.11 Å². The van der Waals surface area contributed by atoms with Crippen molar-refractivity contribution < 1.29 is 5.11 Å². The summed E-state index contributed by atoms with van der Waals surface area (Å²) in [5.74, 6) is 0. The van der Waals surface area contributed by atoms with Gasteiger partial charge in [-0.3, -0.25) is 0 Å². The normalized spacial score (nSPS) is 12.9. The van der Waals surface area contributed by atoms with Crippen LogP contribution in [0.25, 0.3) is 21.5 Å². The summed E-state index contributed by atoms with van der Waals surface area (Å²) in [7, 11) is 0. The van der Waals surface area contributed by atoms with E-state index in [-0.39, 0.29) is 0 Å². The van der Waals surface area contributed by atoms with Gasteiger partial charge >= 0.3 is 0 Å². The minimum Gasteiger partial charge on any atom is -0.228 e. The van der Waals surface area contributed by atoms with Gasteiger partial charge < -0.3 is 0 Å². The van der Waals surface area contributed by atoms with E-state index in [9.17, 15) is 5.11 Å². The fraction of sp³-hybridized carbons (Fsp3) is 0.263. The zero-order valence-corrected chi connectivity index (χ0v) is 11.8. The van der Waals surface area contributed by atoms with E-state index in [1.807, 2.05) is 18.2 Å². The van der Waals surface area contributed by atoms with E-state index >= 15 is 0 Å². The molecular formula is C19H19O. The Bertz CT molecular complexity index is 730. The van der Waals surface area contributed by atoms with Gasteiger partial charge in [-0.05, 0) is 45.7 Å². The average molecular weight is 263 g/mol. The Morgan fingerprint density at radius 1 is 0.900 bits per heavy atom. The molecule has 0 N–H and O–H groups in total. The van der Waals surface area contributed by atoms with Crippen LogP contribution in [0.2, 0.25) is 0 Å². The van der Waals surface area contributed by atoms with Crippen LogP contribution < -0.4 is 0 Å². The summed E-state index contributed by atoms with van der Waals surface area (Å²) in [5.41, 5.74) is 0.946. The van der Waals surface area contributed by atoms with Crippen LogP contribution in [0.3, 0.4) is 0 Å². The third kappa shape index (κ3) is 2.41. The predicted octanol–water partition coefficient (Wildman–Crippen LogP) is 5.65. The minimum absolute atomic E-state index is 0.611. The molecule has 1 unspecified atom stereocenters. The fourth-order valence-electron chi connectivity index (χ4n) is 2.82. The fourth-order valence-corrected chi connectivity index (χ4v) is 2.82. The largest absolute Gasteiger partial charge is 0.228 e. The summed E-state index contributed by atoms with van der Waals surface area (Å²) in [6, 6.07) is 18.8. The minimum atomic E-state index is -0.611. The summed E-state index contributed by atoms with van der Waals surface area (Å²) in [4.78, 5) is 0. The van der Waals surface area contributed by atoms with Crippen LogP contribution in [0.1, 0.15) is 37.9 Å². The van der Waals surface area contributed by atoms with E-state index in [1.54, 1.807) is 0 Å². The van der Waals surface area contributed by atoms with Crippen LogP contribution in [0.15, 0.2) is 54.6 Å². The van der Waals surface area contributed by atoms with Gasteiger partial charge in [0.05, 0.1) is 0 Å². The first-order valence-corrected chi connectivity index (χ1v) is 7.37. The number of unbranched alkanes of at least 4 members (excludes halogenated alkanes) is 1. The van der Waals surface area contributed by atoms with Crippen molar-refractivity contribution in [2.75, 3.05) is 0 Å². The van der Waals surface area contributed by atoms with Crippen molar-refractivity contribution in [1.82, 2.24) is 0 Å². The highest BCUT2D eigenvalue weighted by Crippen LogP contribution is 2.31. The summed E-state index contributed by atoms with van der Waals surface area (Å²) in [6.07, 6.45) is 2.19. The average Bonchev–Trinajstić information content (AvgIpc) is 2.50. The van der Waals surface area contributed by atoms with E-state index in [2.05, 4.69) is 43.3 Å². The van der Waals surface area contributed by atoms with Crippen LogP contribution in [-0.4, -0.2) is 0 Å². The SMILES string of the molecule is CCCCC([O])c1cccc2cc3ccccc3cc12. The molecule has 20 heavy (non-hydrogen) atoms. The molecule has 101 valence electrons. The Morgan fingerprint density at radius 2 is 1.60 bits per heavy atom. The molecule has 0 aliphatic carbocycles. The summed E-state index contributed by atoms with van der Waals surface area (Å²) < 4.78 is 0. The Kier molecular flexibility index (Phi) is 3.70. The first-order chi connectivity index (χ1) is 9.79. The van der Waals surface area contributed by atoms with Crippen molar-refractivity contribution in [1.29, 1.82) is 0 Å². The van der Waals surface area contributed by atoms with E-state index in [0.29, 0.717) is 0 Å². The molecule has 3 aromatic carbocycles. The van der Waals surface area contributed by atoms with Crippen molar-refractivity contribution >= 4 is 21.5 Å². The smallest absolute Gasteiger partial charge is 0.119 e. The molecule has 0 heterocycles. The van der Waals surface area contributed by atoms with Crippen LogP contribution in [0.5, 0.6) is 0 Å². The quantitative estimate of drug-likeness (QED) is 0.542. The molecule has 0 amide bonds. The molecule has 0 bridgehead atoms. The van der Waals surface area contributed by atoms with Gasteiger partial charge in [0.25, 0.3) is 0 Å². The number of hydrogen-bond donors (Lipinski definition) is 0. The first-order valence-electron chi connectivity index (χ1n) is 7.37. The molecule has 0 aliphatic heterocycles. The van der Waals surface area contributed by atoms with Crippen molar-refractivity contribution in [3.63, 3.8) is 0 Å². The van der Waals surface area contributed by atoms with Gasteiger partial charge in [-0.2, -0.15) is 0 Å². The Hall–Kier alpha value is -1.86. The molecule has 0 saturated carbocycles. The lowest BCUT2D eigenvalue weighted by molar-refractivity contribution is 0.0803. The lowest BCUT2D eigenvalue weighted by atomic mass is 9.95. The molecule has 1 heteroatoms. The monoisotopic (exact) mass is 263 g/mol. The lowest BCUT2D eigenvalue weighted by Gasteiger charge is -2.12. The van der Waals surface area contributed by atoms with Gasteiger partial charge in [-0.25, -0.2) is 5.11 Å². The van der Waals surface area contributed by atoms with Crippen molar-refractivity contribution in [2.24, 2.45) is 0 Å². The van der Waals surface area contributed by atoms with Gasteiger partial charge in [0.15, 0.2) is 0 Å². The van der Waals surface area contributed by atoms with Crippen molar-refractivity contribution in [3.8, 4) is 0 Å². The second kappa shape index (κ2) is 5.64. The Morgan fingerprint density at radius 3 is 2.35 bits per heavy atom. The van der Waals surface area contributed by atoms with Crippen LogP contribution in [0.4, 0.5) is 0 Å². The van der Waals surface area contributed by atoms with Crippen molar-refractivity contribution in [3.05, 3.63) is 60.2 Å². The van der Waals surface area contributed by atoms with Gasteiger partial charge in [0.2, 0.25) is 0 Å².